The Balaban J connectivity index is 2.00. The van der Waals surface area contributed by atoms with Crippen LogP contribution in [-0.4, -0.2) is 19.6 Å². The summed E-state index contributed by atoms with van der Waals surface area (Å²) in [5.41, 5.74) is 1.60. The number of rotatable bonds is 7. The Morgan fingerprint density at radius 3 is 2.57 bits per heavy atom. The van der Waals surface area contributed by atoms with Crippen molar-refractivity contribution >= 4 is 17.7 Å². The van der Waals surface area contributed by atoms with Crippen molar-refractivity contribution in [1.29, 1.82) is 0 Å². The molecule has 4 heteroatoms. The normalized spacial score (nSPS) is 10.5. The zero-order valence-electron chi connectivity index (χ0n) is 13.4. The van der Waals surface area contributed by atoms with Crippen molar-refractivity contribution in [2.24, 2.45) is 0 Å². The van der Waals surface area contributed by atoms with Crippen LogP contribution in [0.5, 0.6) is 11.5 Å². The van der Waals surface area contributed by atoms with Gasteiger partial charge < -0.3 is 14.8 Å². The molecular formula is C19H21NO3. The Hall–Kier alpha value is -2.75. The predicted molar refractivity (Wildman–Crippen MR) is 92.9 cm³/mol. The van der Waals surface area contributed by atoms with Crippen molar-refractivity contribution in [3.63, 3.8) is 0 Å². The van der Waals surface area contributed by atoms with E-state index in [1.807, 2.05) is 24.3 Å². The van der Waals surface area contributed by atoms with Crippen molar-refractivity contribution < 1.29 is 14.3 Å². The van der Waals surface area contributed by atoms with Gasteiger partial charge in [-0.15, -0.1) is 0 Å². The lowest BCUT2D eigenvalue weighted by Gasteiger charge is -2.07. The molecule has 0 aromatic heterocycles. The molecule has 120 valence electrons. The first-order valence-corrected chi connectivity index (χ1v) is 7.58. The highest BCUT2D eigenvalue weighted by molar-refractivity contribution is 6.02. The van der Waals surface area contributed by atoms with Crippen LogP contribution in [-0.2, 0) is 4.79 Å². The number of anilines is 1. The van der Waals surface area contributed by atoms with E-state index in [1.165, 1.54) is 6.08 Å². The topological polar surface area (TPSA) is 47.6 Å². The number of carbonyl (C=O) groups is 1. The second-order valence-corrected chi connectivity index (χ2v) is 4.94. The highest BCUT2D eigenvalue weighted by Gasteiger charge is 2.01. The van der Waals surface area contributed by atoms with Crippen LogP contribution in [0, 0.1) is 0 Å². The summed E-state index contributed by atoms with van der Waals surface area (Å²) in [4.78, 5) is 12.0. The van der Waals surface area contributed by atoms with Gasteiger partial charge in [-0.25, -0.2) is 0 Å². The molecule has 0 aliphatic carbocycles. The van der Waals surface area contributed by atoms with Crippen LogP contribution in [0.4, 0.5) is 5.69 Å². The molecule has 0 spiro atoms. The number of nitrogens with one attached hydrogen (secondary N) is 1. The first-order valence-electron chi connectivity index (χ1n) is 7.58. The zero-order chi connectivity index (χ0) is 16.5. The van der Waals surface area contributed by atoms with E-state index >= 15 is 0 Å². The minimum Gasteiger partial charge on any atom is -0.497 e. The monoisotopic (exact) mass is 311 g/mol. The fraction of sp³-hybridized carbons (Fsp3) is 0.211. The molecule has 0 radical (unpaired) electrons. The molecule has 1 N–H and O–H groups in total. The summed E-state index contributed by atoms with van der Waals surface area (Å²) >= 11 is 0. The summed E-state index contributed by atoms with van der Waals surface area (Å²) in [6.45, 7) is 2.71. The van der Waals surface area contributed by atoms with E-state index in [4.69, 9.17) is 9.47 Å². The third-order valence-corrected chi connectivity index (χ3v) is 3.15. The number of hydrogen-bond acceptors (Lipinski definition) is 3. The maximum absolute atomic E-state index is 12.0. The molecule has 0 heterocycles. The molecule has 0 aliphatic heterocycles. The van der Waals surface area contributed by atoms with Crippen molar-refractivity contribution in [3.8, 4) is 11.5 Å². The van der Waals surface area contributed by atoms with E-state index in [9.17, 15) is 4.79 Å². The van der Waals surface area contributed by atoms with E-state index in [-0.39, 0.29) is 5.91 Å². The molecule has 2 aromatic rings. The van der Waals surface area contributed by atoms with E-state index in [1.54, 1.807) is 37.5 Å². The van der Waals surface area contributed by atoms with Gasteiger partial charge in [-0.1, -0.05) is 25.1 Å². The number of benzene rings is 2. The molecule has 4 nitrogen and oxygen atoms in total. The van der Waals surface area contributed by atoms with Crippen LogP contribution < -0.4 is 14.8 Å². The fourth-order valence-corrected chi connectivity index (χ4v) is 1.99. The Kier molecular flexibility index (Phi) is 6.24. The maximum atomic E-state index is 12.0. The molecule has 23 heavy (non-hydrogen) atoms. The molecule has 1 amide bonds. The lowest BCUT2D eigenvalue weighted by atomic mass is 10.2. The van der Waals surface area contributed by atoms with E-state index < -0.39 is 0 Å². The van der Waals surface area contributed by atoms with Crippen molar-refractivity contribution in [3.05, 3.63) is 60.2 Å². The van der Waals surface area contributed by atoms with Gasteiger partial charge in [0, 0.05) is 17.3 Å². The van der Waals surface area contributed by atoms with Gasteiger partial charge in [0.15, 0.2) is 0 Å². The first kappa shape index (κ1) is 16.6. The van der Waals surface area contributed by atoms with Gasteiger partial charge in [0.1, 0.15) is 11.5 Å². The predicted octanol–water partition coefficient (Wildman–Crippen LogP) is 4.14. The number of methoxy groups -OCH3 is 1. The smallest absolute Gasteiger partial charge is 0.248 e. The van der Waals surface area contributed by atoms with E-state index in [2.05, 4.69) is 12.2 Å². The summed E-state index contributed by atoms with van der Waals surface area (Å²) in [6, 6.07) is 14.8. The largest absolute Gasteiger partial charge is 0.497 e. The van der Waals surface area contributed by atoms with Crippen LogP contribution in [0.2, 0.25) is 0 Å². The van der Waals surface area contributed by atoms with Crippen LogP contribution in [0.1, 0.15) is 18.9 Å². The SMILES string of the molecule is CCCOc1ccccc1C=CC(=O)Nc1ccc(OC)cc1. The second-order valence-electron chi connectivity index (χ2n) is 4.94. The Labute approximate surface area is 136 Å². The number of para-hydroxylation sites is 1. The zero-order valence-corrected chi connectivity index (χ0v) is 13.4. The Morgan fingerprint density at radius 2 is 1.87 bits per heavy atom. The van der Waals surface area contributed by atoms with Gasteiger partial charge in [-0.2, -0.15) is 0 Å². The van der Waals surface area contributed by atoms with E-state index in [0.29, 0.717) is 6.61 Å². The summed E-state index contributed by atoms with van der Waals surface area (Å²) in [6.07, 6.45) is 4.19. The molecule has 0 unspecified atom stereocenters. The minimum atomic E-state index is -0.194. The molecule has 0 fully saturated rings. The van der Waals surface area contributed by atoms with E-state index in [0.717, 1.165) is 29.2 Å². The fourth-order valence-electron chi connectivity index (χ4n) is 1.99. The molecule has 2 rings (SSSR count). The average Bonchev–Trinajstić information content (AvgIpc) is 2.59. The Morgan fingerprint density at radius 1 is 1.13 bits per heavy atom. The molecule has 0 aliphatic rings. The summed E-state index contributed by atoms with van der Waals surface area (Å²) < 4.78 is 10.7. The standard InChI is InChI=1S/C19H21NO3/c1-3-14-23-18-7-5-4-6-15(18)8-13-19(21)20-16-9-11-17(22-2)12-10-16/h4-13H,3,14H2,1-2H3,(H,20,21). The lowest BCUT2D eigenvalue weighted by Crippen LogP contribution is -2.07. The lowest BCUT2D eigenvalue weighted by molar-refractivity contribution is -0.111. The molecular weight excluding hydrogens is 290 g/mol. The molecule has 0 saturated heterocycles. The van der Waals surface area contributed by atoms with Gasteiger partial charge in [0.2, 0.25) is 5.91 Å². The van der Waals surface area contributed by atoms with Crippen LogP contribution in [0.3, 0.4) is 0 Å². The summed E-state index contributed by atoms with van der Waals surface area (Å²) in [7, 11) is 1.61. The Bertz CT molecular complexity index is 663. The average molecular weight is 311 g/mol. The minimum absolute atomic E-state index is 0.194. The van der Waals surface area contributed by atoms with Gasteiger partial charge in [-0.05, 0) is 42.8 Å². The molecule has 2 aromatic carbocycles. The quantitative estimate of drug-likeness (QED) is 0.782. The molecule has 0 saturated carbocycles. The van der Waals surface area contributed by atoms with Gasteiger partial charge in [-0.3, -0.25) is 4.79 Å². The summed E-state index contributed by atoms with van der Waals surface area (Å²) in [5, 5.41) is 2.80. The van der Waals surface area contributed by atoms with Crippen molar-refractivity contribution in [2.75, 3.05) is 19.0 Å². The van der Waals surface area contributed by atoms with Crippen LogP contribution in [0.15, 0.2) is 54.6 Å². The number of ether oxygens (including phenoxy) is 2. The van der Waals surface area contributed by atoms with Crippen molar-refractivity contribution in [1.82, 2.24) is 0 Å². The number of hydrogen-bond donors (Lipinski definition) is 1. The molecule has 0 atom stereocenters. The second kappa shape index (κ2) is 8.63. The van der Waals surface area contributed by atoms with Gasteiger partial charge >= 0.3 is 0 Å². The highest BCUT2D eigenvalue weighted by atomic mass is 16.5. The number of amides is 1. The molecule has 0 bridgehead atoms. The third kappa shape index (κ3) is 5.18. The first-order chi connectivity index (χ1) is 11.2. The van der Waals surface area contributed by atoms with Gasteiger partial charge in [0.25, 0.3) is 0 Å². The van der Waals surface area contributed by atoms with Crippen molar-refractivity contribution in [2.45, 2.75) is 13.3 Å². The highest BCUT2D eigenvalue weighted by Crippen LogP contribution is 2.20. The summed E-state index contributed by atoms with van der Waals surface area (Å²) in [5.74, 6) is 1.34. The van der Waals surface area contributed by atoms with Crippen LogP contribution >= 0.6 is 0 Å². The third-order valence-electron chi connectivity index (χ3n) is 3.15. The van der Waals surface area contributed by atoms with Crippen LogP contribution in [0.25, 0.3) is 6.08 Å². The maximum Gasteiger partial charge on any atom is 0.248 e. The number of carbonyl (C=O) groups excluding carboxylic acids is 1. The van der Waals surface area contributed by atoms with Gasteiger partial charge in [0.05, 0.1) is 13.7 Å².